The highest BCUT2D eigenvalue weighted by molar-refractivity contribution is 5.94. The number of H-pyrrole nitrogens is 1. The van der Waals surface area contributed by atoms with E-state index in [1.165, 1.54) is 18.2 Å². The third kappa shape index (κ3) is 3.17. The molecule has 0 aliphatic heterocycles. The second kappa shape index (κ2) is 6.82. The summed E-state index contributed by atoms with van der Waals surface area (Å²) in [5.41, 5.74) is 1.13. The average molecular weight is 390 g/mol. The lowest BCUT2D eigenvalue weighted by Gasteiger charge is -2.21. The first kappa shape index (κ1) is 18.8. The summed E-state index contributed by atoms with van der Waals surface area (Å²) in [5, 5.41) is 12.5. The van der Waals surface area contributed by atoms with E-state index in [1.807, 2.05) is 6.07 Å². The molecule has 146 valence electrons. The molecule has 1 aromatic carbocycles. The Hall–Kier alpha value is -3.53. The minimum atomic E-state index is -0.931. The van der Waals surface area contributed by atoms with Crippen LogP contribution in [0.2, 0.25) is 0 Å². The van der Waals surface area contributed by atoms with Crippen molar-refractivity contribution in [3.8, 4) is 6.07 Å². The number of fused-ring (bicyclic) bond motifs is 1. The van der Waals surface area contributed by atoms with E-state index < -0.39 is 17.3 Å². The molecule has 0 saturated heterocycles. The maximum absolute atomic E-state index is 13.7. The second-order valence-corrected chi connectivity index (χ2v) is 7.48. The molecule has 7 heteroatoms. The fraction of sp³-hybridized carbons (Fsp3) is 0.273. The number of hydrogen-bond acceptors (Lipinski definition) is 4. The number of hydrogen-bond donors (Lipinski definition) is 2. The molecule has 0 spiro atoms. The van der Waals surface area contributed by atoms with Gasteiger partial charge in [0.05, 0.1) is 17.2 Å². The monoisotopic (exact) mass is 390 g/mol. The molecule has 0 unspecified atom stereocenters. The van der Waals surface area contributed by atoms with Crippen LogP contribution < -0.4 is 10.9 Å². The van der Waals surface area contributed by atoms with Gasteiger partial charge in [0.1, 0.15) is 17.6 Å². The van der Waals surface area contributed by atoms with Gasteiger partial charge in [-0.3, -0.25) is 9.59 Å². The van der Waals surface area contributed by atoms with Gasteiger partial charge in [0.2, 0.25) is 5.91 Å². The predicted molar refractivity (Wildman–Crippen MR) is 106 cm³/mol. The molecule has 2 aromatic heterocycles. The standard InChI is InChI=1S/C22H19FN4O2/c1-12-16-10-14(23)6-7-18(16)27-20(28)19(12)22(8-9-22)21(29)25-13(2)17-5-3-4-15(11-24)26-17/h3-7,10,13H,8-9H2,1-2H3,(H,25,29)(H,27,28)/t13-/m0/s1. The van der Waals surface area contributed by atoms with E-state index in [-0.39, 0.29) is 17.2 Å². The van der Waals surface area contributed by atoms with Crippen LogP contribution in [0.5, 0.6) is 0 Å². The number of pyridine rings is 2. The minimum absolute atomic E-state index is 0.265. The number of nitrogens with one attached hydrogen (secondary N) is 2. The van der Waals surface area contributed by atoms with Crippen molar-refractivity contribution < 1.29 is 9.18 Å². The van der Waals surface area contributed by atoms with Crippen molar-refractivity contribution in [3.63, 3.8) is 0 Å². The van der Waals surface area contributed by atoms with Crippen molar-refractivity contribution in [2.75, 3.05) is 0 Å². The molecule has 1 aliphatic carbocycles. The van der Waals surface area contributed by atoms with E-state index in [2.05, 4.69) is 15.3 Å². The van der Waals surface area contributed by atoms with Gasteiger partial charge in [0.15, 0.2) is 0 Å². The minimum Gasteiger partial charge on any atom is -0.347 e. The summed E-state index contributed by atoms with van der Waals surface area (Å²) in [5.74, 6) is -0.663. The van der Waals surface area contributed by atoms with Crippen LogP contribution in [0, 0.1) is 24.1 Å². The largest absolute Gasteiger partial charge is 0.347 e. The number of aromatic nitrogens is 2. The Bertz CT molecular complexity index is 1240. The van der Waals surface area contributed by atoms with Gasteiger partial charge in [0.25, 0.3) is 5.56 Å². The highest BCUT2D eigenvalue weighted by Gasteiger charge is 2.54. The van der Waals surface area contributed by atoms with Gasteiger partial charge in [-0.1, -0.05) is 6.07 Å². The van der Waals surface area contributed by atoms with Crippen molar-refractivity contribution in [2.24, 2.45) is 0 Å². The zero-order chi connectivity index (χ0) is 20.8. The third-order valence-electron chi connectivity index (χ3n) is 5.58. The molecule has 3 aromatic rings. The number of carbonyl (C=O) groups is 1. The molecule has 29 heavy (non-hydrogen) atoms. The first-order valence-corrected chi connectivity index (χ1v) is 9.36. The Morgan fingerprint density at radius 3 is 2.79 bits per heavy atom. The lowest BCUT2D eigenvalue weighted by atomic mass is 9.90. The van der Waals surface area contributed by atoms with Gasteiger partial charge in [-0.05, 0) is 62.6 Å². The van der Waals surface area contributed by atoms with Crippen molar-refractivity contribution >= 4 is 16.8 Å². The third-order valence-corrected chi connectivity index (χ3v) is 5.58. The molecule has 6 nitrogen and oxygen atoms in total. The van der Waals surface area contributed by atoms with Crippen LogP contribution in [0.4, 0.5) is 4.39 Å². The summed E-state index contributed by atoms with van der Waals surface area (Å²) in [6, 6.07) is 10.8. The summed E-state index contributed by atoms with van der Waals surface area (Å²) in [4.78, 5) is 32.9. The summed E-state index contributed by atoms with van der Waals surface area (Å²) in [7, 11) is 0. The van der Waals surface area contributed by atoms with Gasteiger partial charge in [0, 0.05) is 16.5 Å². The van der Waals surface area contributed by atoms with E-state index in [0.717, 1.165) is 0 Å². The van der Waals surface area contributed by atoms with E-state index in [9.17, 15) is 14.0 Å². The van der Waals surface area contributed by atoms with E-state index >= 15 is 0 Å². The molecule has 0 radical (unpaired) electrons. The fourth-order valence-electron chi connectivity index (χ4n) is 3.88. The molecule has 4 rings (SSSR count). The molecule has 1 amide bonds. The van der Waals surface area contributed by atoms with Gasteiger partial charge < -0.3 is 10.3 Å². The normalized spacial score (nSPS) is 15.5. The zero-order valence-electron chi connectivity index (χ0n) is 16.0. The number of aryl methyl sites for hydroxylation is 1. The van der Waals surface area contributed by atoms with Crippen LogP contribution >= 0.6 is 0 Å². The Labute approximate surface area is 166 Å². The molecule has 1 atom stereocenters. The SMILES string of the molecule is Cc1c(C2(C(=O)N[C@@H](C)c3cccc(C#N)n3)CC2)c(=O)[nH]c2ccc(F)cc12. The Kier molecular flexibility index (Phi) is 4.42. The van der Waals surface area contributed by atoms with Crippen molar-refractivity contribution in [2.45, 2.75) is 38.1 Å². The van der Waals surface area contributed by atoms with Crippen LogP contribution in [-0.4, -0.2) is 15.9 Å². The lowest BCUT2D eigenvalue weighted by Crippen LogP contribution is -2.40. The summed E-state index contributed by atoms with van der Waals surface area (Å²) < 4.78 is 13.7. The molecule has 2 N–H and O–H groups in total. The van der Waals surface area contributed by atoms with Crippen LogP contribution in [0.15, 0.2) is 41.2 Å². The van der Waals surface area contributed by atoms with Gasteiger partial charge in [-0.25, -0.2) is 9.37 Å². The smallest absolute Gasteiger partial charge is 0.252 e. The second-order valence-electron chi connectivity index (χ2n) is 7.48. The number of amides is 1. The van der Waals surface area contributed by atoms with Gasteiger partial charge in [-0.2, -0.15) is 5.26 Å². The number of benzene rings is 1. The Balaban J connectivity index is 1.69. The van der Waals surface area contributed by atoms with Crippen molar-refractivity contribution in [1.29, 1.82) is 5.26 Å². The topological polar surface area (TPSA) is 98.6 Å². The highest BCUT2D eigenvalue weighted by atomic mass is 19.1. The number of rotatable bonds is 4. The van der Waals surface area contributed by atoms with E-state index in [4.69, 9.17) is 5.26 Å². The summed E-state index contributed by atoms with van der Waals surface area (Å²) in [6.07, 6.45) is 1.09. The molecule has 2 heterocycles. The molecule has 1 saturated carbocycles. The number of halogens is 1. The first-order valence-electron chi connectivity index (χ1n) is 9.36. The first-order chi connectivity index (χ1) is 13.9. The molecule has 1 aliphatic rings. The number of nitriles is 1. The maximum atomic E-state index is 13.7. The van der Waals surface area contributed by atoms with E-state index in [0.29, 0.717) is 40.6 Å². The average Bonchev–Trinajstić information content (AvgIpc) is 3.50. The van der Waals surface area contributed by atoms with Crippen LogP contribution in [-0.2, 0) is 10.2 Å². The lowest BCUT2D eigenvalue weighted by molar-refractivity contribution is -0.124. The molecule has 1 fully saturated rings. The molecular formula is C22H19FN4O2. The Morgan fingerprint density at radius 1 is 1.34 bits per heavy atom. The van der Waals surface area contributed by atoms with Gasteiger partial charge in [-0.15, -0.1) is 0 Å². The van der Waals surface area contributed by atoms with Crippen LogP contribution in [0.25, 0.3) is 10.9 Å². The van der Waals surface area contributed by atoms with Crippen LogP contribution in [0.3, 0.4) is 0 Å². The van der Waals surface area contributed by atoms with Crippen molar-refractivity contribution in [3.05, 3.63) is 75.1 Å². The predicted octanol–water partition coefficient (Wildman–Crippen LogP) is 3.15. The van der Waals surface area contributed by atoms with Gasteiger partial charge >= 0.3 is 0 Å². The van der Waals surface area contributed by atoms with Crippen molar-refractivity contribution in [1.82, 2.24) is 15.3 Å². The summed E-state index contributed by atoms with van der Waals surface area (Å²) >= 11 is 0. The van der Waals surface area contributed by atoms with Crippen LogP contribution in [0.1, 0.15) is 48.3 Å². The fourth-order valence-corrected chi connectivity index (χ4v) is 3.88. The summed E-state index contributed by atoms with van der Waals surface area (Å²) in [6.45, 7) is 3.53. The zero-order valence-corrected chi connectivity index (χ0v) is 16.0. The maximum Gasteiger partial charge on any atom is 0.252 e. The number of aromatic amines is 1. The van der Waals surface area contributed by atoms with E-state index in [1.54, 1.807) is 32.0 Å². The Morgan fingerprint density at radius 2 is 2.10 bits per heavy atom. The quantitative estimate of drug-likeness (QED) is 0.715. The number of nitrogens with zero attached hydrogens (tertiary/aromatic N) is 2. The molecule has 0 bridgehead atoms. The highest BCUT2D eigenvalue weighted by Crippen LogP contribution is 2.49. The molecular weight excluding hydrogens is 371 g/mol. The number of carbonyl (C=O) groups excluding carboxylic acids is 1.